The number of rotatable bonds is 4. The van der Waals surface area contributed by atoms with E-state index < -0.39 is 11.9 Å². The molecule has 0 saturated carbocycles. The van der Waals surface area contributed by atoms with Gasteiger partial charge in [0.25, 0.3) is 5.91 Å². The highest BCUT2D eigenvalue weighted by atomic mass is 16.4. The number of furan rings is 1. The molecule has 1 aromatic heterocycles. The molecule has 0 aliphatic heterocycles. The molecule has 0 aliphatic rings. The smallest absolute Gasteiger partial charge is 0.337 e. The number of aryl methyl sites for hydroxylation is 1. The van der Waals surface area contributed by atoms with E-state index in [0.717, 1.165) is 0 Å². The van der Waals surface area contributed by atoms with Crippen LogP contribution in [0.25, 0.3) is 0 Å². The Bertz CT molecular complexity index is 661. The monoisotopic (exact) mass is 274 g/mol. The van der Waals surface area contributed by atoms with Crippen LogP contribution in [0.1, 0.15) is 33.4 Å². The summed E-state index contributed by atoms with van der Waals surface area (Å²) in [5, 5.41) is 11.6. The van der Waals surface area contributed by atoms with Crippen molar-refractivity contribution in [2.75, 3.05) is 11.1 Å². The number of amides is 1. The molecule has 0 radical (unpaired) electrons. The van der Waals surface area contributed by atoms with Crippen molar-refractivity contribution in [3.8, 4) is 0 Å². The van der Waals surface area contributed by atoms with Crippen molar-refractivity contribution < 1.29 is 19.1 Å². The largest absolute Gasteiger partial charge is 0.478 e. The van der Waals surface area contributed by atoms with Crippen molar-refractivity contribution in [2.45, 2.75) is 13.3 Å². The SMILES string of the molecule is CCc1occc1C(=O)Nc1cc(N)ccc1C(=O)O. The van der Waals surface area contributed by atoms with Gasteiger partial charge in [-0.3, -0.25) is 4.79 Å². The average molecular weight is 274 g/mol. The Morgan fingerprint density at radius 3 is 2.70 bits per heavy atom. The first-order valence-corrected chi connectivity index (χ1v) is 6.03. The maximum atomic E-state index is 12.1. The fourth-order valence-electron chi connectivity index (χ4n) is 1.86. The third-order valence-corrected chi connectivity index (χ3v) is 2.83. The summed E-state index contributed by atoms with van der Waals surface area (Å²) in [4.78, 5) is 23.2. The van der Waals surface area contributed by atoms with Crippen molar-refractivity contribution in [3.63, 3.8) is 0 Å². The van der Waals surface area contributed by atoms with Crippen LogP contribution in [0, 0.1) is 0 Å². The number of hydrogen-bond acceptors (Lipinski definition) is 4. The first-order valence-electron chi connectivity index (χ1n) is 6.03. The number of benzene rings is 1. The molecule has 0 atom stereocenters. The molecule has 6 nitrogen and oxygen atoms in total. The zero-order chi connectivity index (χ0) is 14.7. The number of carbonyl (C=O) groups is 2. The normalized spacial score (nSPS) is 10.2. The second kappa shape index (κ2) is 5.48. The standard InChI is InChI=1S/C14H14N2O4/c1-2-12-10(5-6-20-12)13(17)16-11-7-8(15)3-4-9(11)14(18)19/h3-7H,2,15H2,1H3,(H,16,17)(H,18,19). The summed E-state index contributed by atoms with van der Waals surface area (Å²) >= 11 is 0. The third kappa shape index (κ3) is 2.64. The molecular formula is C14H14N2O4. The molecule has 1 amide bonds. The van der Waals surface area contributed by atoms with Crippen LogP contribution >= 0.6 is 0 Å². The van der Waals surface area contributed by atoms with Crippen LogP contribution in [0.4, 0.5) is 11.4 Å². The fourth-order valence-corrected chi connectivity index (χ4v) is 1.86. The molecule has 0 unspecified atom stereocenters. The average Bonchev–Trinajstić information content (AvgIpc) is 2.86. The van der Waals surface area contributed by atoms with E-state index in [4.69, 9.17) is 15.3 Å². The van der Waals surface area contributed by atoms with Crippen molar-refractivity contribution in [1.82, 2.24) is 0 Å². The molecule has 0 fully saturated rings. The lowest BCUT2D eigenvalue weighted by molar-refractivity contribution is 0.0698. The number of carboxylic acid groups (broad SMARTS) is 1. The van der Waals surface area contributed by atoms with Gasteiger partial charge in [-0.05, 0) is 24.3 Å². The Morgan fingerprint density at radius 1 is 1.30 bits per heavy atom. The van der Waals surface area contributed by atoms with Crippen LogP contribution < -0.4 is 11.1 Å². The van der Waals surface area contributed by atoms with Gasteiger partial charge in [0.05, 0.1) is 23.1 Å². The molecule has 2 rings (SSSR count). The Morgan fingerprint density at radius 2 is 2.05 bits per heavy atom. The summed E-state index contributed by atoms with van der Waals surface area (Å²) in [6.07, 6.45) is 1.99. The minimum Gasteiger partial charge on any atom is -0.478 e. The van der Waals surface area contributed by atoms with Crippen LogP contribution in [0.5, 0.6) is 0 Å². The molecule has 2 aromatic rings. The lowest BCUT2D eigenvalue weighted by atomic mass is 10.1. The second-order valence-electron chi connectivity index (χ2n) is 4.18. The van der Waals surface area contributed by atoms with Crippen LogP contribution in [0.2, 0.25) is 0 Å². The molecule has 104 valence electrons. The van der Waals surface area contributed by atoms with E-state index in [0.29, 0.717) is 23.4 Å². The van der Waals surface area contributed by atoms with Gasteiger partial charge in [-0.25, -0.2) is 4.79 Å². The lowest BCUT2D eigenvalue weighted by Gasteiger charge is -2.09. The van der Waals surface area contributed by atoms with Gasteiger partial charge in [0, 0.05) is 12.1 Å². The number of aromatic carboxylic acids is 1. The Labute approximate surface area is 115 Å². The predicted octanol–water partition coefficient (Wildman–Crippen LogP) is 2.37. The van der Waals surface area contributed by atoms with Crippen LogP contribution in [-0.4, -0.2) is 17.0 Å². The van der Waals surface area contributed by atoms with E-state index in [2.05, 4.69) is 5.32 Å². The van der Waals surface area contributed by atoms with Crippen molar-refractivity contribution in [2.24, 2.45) is 0 Å². The zero-order valence-electron chi connectivity index (χ0n) is 10.8. The topological polar surface area (TPSA) is 106 Å². The summed E-state index contributed by atoms with van der Waals surface area (Å²) in [7, 11) is 0. The number of hydrogen-bond donors (Lipinski definition) is 3. The molecule has 6 heteroatoms. The van der Waals surface area contributed by atoms with Crippen molar-refractivity contribution >= 4 is 23.3 Å². The molecule has 0 saturated heterocycles. The first-order chi connectivity index (χ1) is 9.52. The molecule has 1 aromatic carbocycles. The van der Waals surface area contributed by atoms with Gasteiger partial charge in [-0.1, -0.05) is 6.92 Å². The van der Waals surface area contributed by atoms with Crippen LogP contribution in [-0.2, 0) is 6.42 Å². The third-order valence-electron chi connectivity index (χ3n) is 2.83. The van der Waals surface area contributed by atoms with E-state index in [9.17, 15) is 9.59 Å². The maximum Gasteiger partial charge on any atom is 0.337 e. The summed E-state index contributed by atoms with van der Waals surface area (Å²) in [6, 6.07) is 5.77. The maximum absolute atomic E-state index is 12.1. The lowest BCUT2D eigenvalue weighted by Crippen LogP contribution is -2.15. The number of nitrogen functional groups attached to an aromatic ring is 1. The number of anilines is 2. The molecule has 4 N–H and O–H groups in total. The van der Waals surface area contributed by atoms with E-state index in [1.54, 1.807) is 6.07 Å². The number of nitrogens with one attached hydrogen (secondary N) is 1. The Balaban J connectivity index is 2.32. The highest BCUT2D eigenvalue weighted by Crippen LogP contribution is 2.21. The summed E-state index contributed by atoms with van der Waals surface area (Å²) in [5.41, 5.74) is 6.50. The van der Waals surface area contributed by atoms with Gasteiger partial charge in [0.2, 0.25) is 0 Å². The highest BCUT2D eigenvalue weighted by molar-refractivity contribution is 6.08. The van der Waals surface area contributed by atoms with Crippen LogP contribution in [0.3, 0.4) is 0 Å². The van der Waals surface area contributed by atoms with Gasteiger partial charge in [-0.2, -0.15) is 0 Å². The van der Waals surface area contributed by atoms with Gasteiger partial charge in [0.15, 0.2) is 0 Å². The van der Waals surface area contributed by atoms with Crippen molar-refractivity contribution in [1.29, 1.82) is 0 Å². The predicted molar refractivity (Wildman–Crippen MR) is 73.9 cm³/mol. The molecule has 1 heterocycles. The van der Waals surface area contributed by atoms with Crippen molar-refractivity contribution in [3.05, 3.63) is 47.4 Å². The minimum atomic E-state index is -1.14. The van der Waals surface area contributed by atoms with E-state index >= 15 is 0 Å². The van der Waals surface area contributed by atoms with Gasteiger partial charge in [-0.15, -0.1) is 0 Å². The quantitative estimate of drug-likeness (QED) is 0.742. The molecule has 0 aliphatic carbocycles. The zero-order valence-corrected chi connectivity index (χ0v) is 10.8. The number of carboxylic acids is 1. The molecule has 0 bridgehead atoms. The highest BCUT2D eigenvalue weighted by Gasteiger charge is 2.17. The van der Waals surface area contributed by atoms with Crippen LogP contribution in [0.15, 0.2) is 34.9 Å². The van der Waals surface area contributed by atoms with Gasteiger partial charge in [0.1, 0.15) is 5.76 Å². The molecular weight excluding hydrogens is 260 g/mol. The number of nitrogens with two attached hydrogens (primary N) is 1. The Kier molecular flexibility index (Phi) is 3.74. The fraction of sp³-hybridized carbons (Fsp3) is 0.143. The van der Waals surface area contributed by atoms with Gasteiger partial charge >= 0.3 is 5.97 Å². The van der Waals surface area contributed by atoms with E-state index in [1.807, 2.05) is 6.92 Å². The number of carbonyl (C=O) groups excluding carboxylic acids is 1. The van der Waals surface area contributed by atoms with E-state index in [-0.39, 0.29) is 11.3 Å². The molecule has 20 heavy (non-hydrogen) atoms. The first kappa shape index (κ1) is 13.7. The Hall–Kier alpha value is -2.76. The minimum absolute atomic E-state index is 0.0194. The van der Waals surface area contributed by atoms with E-state index in [1.165, 1.54) is 24.5 Å². The summed E-state index contributed by atoms with van der Waals surface area (Å²) in [6.45, 7) is 1.86. The second-order valence-corrected chi connectivity index (χ2v) is 4.18. The summed E-state index contributed by atoms with van der Waals surface area (Å²) < 4.78 is 5.17. The van der Waals surface area contributed by atoms with Gasteiger partial charge < -0.3 is 20.6 Å². The summed E-state index contributed by atoms with van der Waals surface area (Å²) in [5.74, 6) is -1.02. The molecule has 0 spiro atoms.